The van der Waals surface area contributed by atoms with Gasteiger partial charge in [-0.15, -0.1) is 0 Å². The third kappa shape index (κ3) is 5.49. The van der Waals surface area contributed by atoms with Gasteiger partial charge < -0.3 is 10.2 Å². The molecule has 6 heteroatoms. The fourth-order valence-electron chi connectivity index (χ4n) is 2.03. The minimum atomic E-state index is -0.180. The Morgan fingerprint density at radius 3 is 2.61 bits per heavy atom. The molecule has 1 heterocycles. The van der Waals surface area contributed by atoms with Crippen molar-refractivity contribution in [3.05, 3.63) is 64.4 Å². The average Bonchev–Trinajstić information content (AvgIpc) is 2.56. The van der Waals surface area contributed by atoms with Crippen LogP contribution in [0, 0.1) is 0 Å². The van der Waals surface area contributed by atoms with Crippen molar-refractivity contribution in [1.82, 2.24) is 15.2 Å². The summed E-state index contributed by atoms with van der Waals surface area (Å²) >= 11 is 3.32. The maximum Gasteiger partial charge on any atom is 0.251 e. The molecule has 5 nitrogen and oxygen atoms in total. The summed E-state index contributed by atoms with van der Waals surface area (Å²) in [5, 5.41) is 2.75. The Bertz CT molecular complexity index is 659. The molecule has 0 atom stereocenters. The van der Waals surface area contributed by atoms with E-state index in [9.17, 15) is 9.59 Å². The Kier molecular flexibility index (Phi) is 6.29. The number of nitrogens with one attached hydrogen (secondary N) is 1. The average molecular weight is 376 g/mol. The van der Waals surface area contributed by atoms with Crippen LogP contribution >= 0.6 is 15.9 Å². The lowest BCUT2D eigenvalue weighted by Crippen LogP contribution is -2.31. The lowest BCUT2D eigenvalue weighted by Gasteiger charge is -2.17. The van der Waals surface area contributed by atoms with Crippen LogP contribution in [0.25, 0.3) is 0 Å². The van der Waals surface area contributed by atoms with E-state index >= 15 is 0 Å². The highest BCUT2D eigenvalue weighted by molar-refractivity contribution is 9.10. The van der Waals surface area contributed by atoms with Gasteiger partial charge in [-0.25, -0.2) is 0 Å². The van der Waals surface area contributed by atoms with Crippen LogP contribution in [0.4, 0.5) is 0 Å². The number of rotatable bonds is 6. The largest absolute Gasteiger partial charge is 0.352 e. The van der Waals surface area contributed by atoms with E-state index in [-0.39, 0.29) is 18.2 Å². The number of carbonyl (C=O) groups is 2. The first-order valence-electron chi connectivity index (χ1n) is 7.23. The van der Waals surface area contributed by atoms with Gasteiger partial charge in [0, 0.05) is 49.0 Å². The van der Waals surface area contributed by atoms with E-state index < -0.39 is 0 Å². The van der Waals surface area contributed by atoms with Crippen LogP contribution in [0.3, 0.4) is 0 Å². The van der Waals surface area contributed by atoms with E-state index in [1.165, 1.54) is 0 Å². The monoisotopic (exact) mass is 375 g/mol. The molecule has 2 amide bonds. The Balaban J connectivity index is 1.75. The molecule has 1 aromatic carbocycles. The Hall–Kier alpha value is -2.21. The second-order valence-electron chi connectivity index (χ2n) is 5.12. The molecular formula is C17H18BrN3O2. The molecule has 0 radical (unpaired) electrons. The minimum absolute atomic E-state index is 0.0232. The van der Waals surface area contributed by atoms with E-state index in [1.807, 2.05) is 24.3 Å². The molecule has 0 bridgehead atoms. The van der Waals surface area contributed by atoms with E-state index in [4.69, 9.17) is 0 Å². The van der Waals surface area contributed by atoms with Gasteiger partial charge in [0.25, 0.3) is 5.91 Å². The molecular weight excluding hydrogens is 358 g/mol. The van der Waals surface area contributed by atoms with Crippen LogP contribution in [-0.4, -0.2) is 35.3 Å². The number of carbonyl (C=O) groups excluding carboxylic acids is 2. The fourth-order valence-corrected chi connectivity index (χ4v) is 2.30. The molecule has 0 fully saturated rings. The number of amides is 2. The Morgan fingerprint density at radius 2 is 1.96 bits per heavy atom. The molecule has 0 saturated heterocycles. The van der Waals surface area contributed by atoms with Gasteiger partial charge in [-0.2, -0.15) is 0 Å². The number of pyridine rings is 1. The quantitative estimate of drug-likeness (QED) is 0.843. The second-order valence-corrected chi connectivity index (χ2v) is 6.04. The van der Waals surface area contributed by atoms with E-state index in [1.54, 1.807) is 36.5 Å². The van der Waals surface area contributed by atoms with Gasteiger partial charge in [-0.05, 0) is 35.9 Å². The second kappa shape index (κ2) is 8.43. The predicted octanol–water partition coefficient (Wildman–Crippen LogP) is 2.62. The van der Waals surface area contributed by atoms with Gasteiger partial charge in [0.05, 0.1) is 0 Å². The van der Waals surface area contributed by atoms with Gasteiger partial charge in [-0.3, -0.25) is 14.6 Å². The molecule has 0 aliphatic heterocycles. The van der Waals surface area contributed by atoms with Gasteiger partial charge in [0.2, 0.25) is 5.91 Å². The van der Waals surface area contributed by atoms with Gasteiger partial charge in [-0.1, -0.05) is 22.0 Å². The van der Waals surface area contributed by atoms with Crippen molar-refractivity contribution >= 4 is 27.7 Å². The number of nitrogens with zero attached hydrogens (tertiary/aromatic N) is 2. The zero-order chi connectivity index (χ0) is 16.7. The lowest BCUT2D eigenvalue weighted by molar-refractivity contribution is -0.130. The van der Waals surface area contributed by atoms with E-state index in [2.05, 4.69) is 26.2 Å². The van der Waals surface area contributed by atoms with Crippen molar-refractivity contribution in [2.24, 2.45) is 0 Å². The van der Waals surface area contributed by atoms with Crippen molar-refractivity contribution in [3.8, 4) is 0 Å². The Labute approximate surface area is 143 Å². The smallest absolute Gasteiger partial charge is 0.251 e. The first-order chi connectivity index (χ1) is 11.1. The van der Waals surface area contributed by atoms with Crippen LogP contribution in [0.15, 0.2) is 53.3 Å². The van der Waals surface area contributed by atoms with Crippen LogP contribution in [0.5, 0.6) is 0 Å². The molecule has 1 aromatic heterocycles. The summed E-state index contributed by atoms with van der Waals surface area (Å²) in [6.45, 7) is 0.818. The number of halogens is 1. The highest BCUT2D eigenvalue weighted by Gasteiger charge is 2.10. The first kappa shape index (κ1) is 17.1. The minimum Gasteiger partial charge on any atom is -0.352 e. The Morgan fingerprint density at radius 1 is 1.22 bits per heavy atom. The zero-order valence-corrected chi connectivity index (χ0v) is 14.4. The van der Waals surface area contributed by atoms with Crippen LogP contribution in [-0.2, 0) is 11.3 Å². The summed E-state index contributed by atoms with van der Waals surface area (Å²) in [6, 6.07) is 10.8. The maximum atomic E-state index is 12.1. The zero-order valence-electron chi connectivity index (χ0n) is 12.8. The summed E-state index contributed by atoms with van der Waals surface area (Å²) in [5.74, 6) is -0.204. The van der Waals surface area contributed by atoms with Crippen molar-refractivity contribution in [3.63, 3.8) is 0 Å². The molecule has 0 aliphatic carbocycles. The first-order valence-corrected chi connectivity index (χ1v) is 8.02. The topological polar surface area (TPSA) is 62.3 Å². The molecule has 2 aromatic rings. The third-order valence-corrected chi connectivity index (χ3v) is 3.83. The third-order valence-electron chi connectivity index (χ3n) is 3.30. The molecule has 120 valence electrons. The van der Waals surface area contributed by atoms with Gasteiger partial charge in [0.15, 0.2) is 0 Å². The summed E-state index contributed by atoms with van der Waals surface area (Å²) in [5.41, 5.74) is 1.55. The highest BCUT2D eigenvalue weighted by atomic mass is 79.9. The van der Waals surface area contributed by atoms with E-state index in [0.29, 0.717) is 18.7 Å². The van der Waals surface area contributed by atoms with Crippen LogP contribution < -0.4 is 5.32 Å². The van der Waals surface area contributed by atoms with Gasteiger partial charge in [0.1, 0.15) is 0 Å². The normalized spacial score (nSPS) is 10.2. The molecule has 1 N–H and O–H groups in total. The van der Waals surface area contributed by atoms with Crippen molar-refractivity contribution in [2.45, 2.75) is 13.0 Å². The molecule has 2 rings (SSSR count). The highest BCUT2D eigenvalue weighted by Crippen LogP contribution is 2.10. The van der Waals surface area contributed by atoms with Crippen molar-refractivity contribution in [2.75, 3.05) is 13.6 Å². The standard InChI is InChI=1S/C17H18BrN3O2/c1-21(12-13-3-2-9-19-11-13)16(22)8-10-20-17(23)14-4-6-15(18)7-5-14/h2-7,9,11H,8,10,12H2,1H3,(H,20,23). The van der Waals surface area contributed by atoms with Crippen LogP contribution in [0.1, 0.15) is 22.3 Å². The summed E-state index contributed by atoms with van der Waals surface area (Å²) in [4.78, 5) is 29.6. The van der Waals surface area contributed by atoms with Crippen molar-refractivity contribution < 1.29 is 9.59 Å². The van der Waals surface area contributed by atoms with Gasteiger partial charge >= 0.3 is 0 Å². The SMILES string of the molecule is CN(Cc1cccnc1)C(=O)CCNC(=O)c1ccc(Br)cc1. The fraction of sp³-hybridized carbons (Fsp3) is 0.235. The number of benzene rings is 1. The number of hydrogen-bond acceptors (Lipinski definition) is 3. The molecule has 0 saturated carbocycles. The summed E-state index contributed by atoms with van der Waals surface area (Å²) in [7, 11) is 1.74. The summed E-state index contributed by atoms with van der Waals surface area (Å²) in [6.07, 6.45) is 3.70. The molecule has 0 spiro atoms. The number of hydrogen-bond donors (Lipinski definition) is 1. The number of aromatic nitrogens is 1. The molecule has 0 unspecified atom stereocenters. The molecule has 0 aliphatic rings. The molecule has 23 heavy (non-hydrogen) atoms. The van der Waals surface area contributed by atoms with E-state index in [0.717, 1.165) is 10.0 Å². The van der Waals surface area contributed by atoms with Crippen LogP contribution in [0.2, 0.25) is 0 Å². The maximum absolute atomic E-state index is 12.1. The summed E-state index contributed by atoms with van der Waals surface area (Å²) < 4.78 is 0.918. The van der Waals surface area contributed by atoms with Crippen molar-refractivity contribution in [1.29, 1.82) is 0 Å². The lowest BCUT2D eigenvalue weighted by atomic mass is 10.2. The predicted molar refractivity (Wildman–Crippen MR) is 91.8 cm³/mol.